The van der Waals surface area contributed by atoms with Gasteiger partial charge in [-0.3, -0.25) is 4.79 Å². The second kappa shape index (κ2) is 4.28. The van der Waals surface area contributed by atoms with Gasteiger partial charge in [0.1, 0.15) is 0 Å². The van der Waals surface area contributed by atoms with Crippen LogP contribution in [0.5, 0.6) is 0 Å². The highest BCUT2D eigenvalue weighted by Crippen LogP contribution is 2.27. The van der Waals surface area contributed by atoms with Gasteiger partial charge in [-0.25, -0.2) is 0 Å². The minimum atomic E-state index is -0.170. The van der Waals surface area contributed by atoms with Gasteiger partial charge in [-0.2, -0.15) is 0 Å². The van der Waals surface area contributed by atoms with Crippen molar-refractivity contribution in [1.29, 1.82) is 0 Å². The van der Waals surface area contributed by atoms with Crippen LogP contribution in [0.15, 0.2) is 28.7 Å². The van der Waals surface area contributed by atoms with Crippen molar-refractivity contribution in [3.8, 4) is 0 Å². The lowest BCUT2D eigenvalue weighted by atomic mass is 10.1. The van der Waals surface area contributed by atoms with Gasteiger partial charge in [0.05, 0.1) is 5.02 Å². The Labute approximate surface area is 98.2 Å². The summed E-state index contributed by atoms with van der Waals surface area (Å²) in [5, 5.41) is 1.35. The van der Waals surface area contributed by atoms with Crippen LogP contribution in [0.1, 0.15) is 23.9 Å². The number of hydrogen-bond acceptors (Lipinski definition) is 3. The molecule has 0 aliphatic carbocycles. The Balaban J connectivity index is 2.40. The van der Waals surface area contributed by atoms with E-state index in [1.165, 1.54) is 0 Å². The van der Waals surface area contributed by atoms with E-state index in [-0.39, 0.29) is 18.2 Å². The minimum Gasteiger partial charge on any atom is -0.451 e. The van der Waals surface area contributed by atoms with Crippen LogP contribution in [0.2, 0.25) is 5.02 Å². The van der Waals surface area contributed by atoms with Crippen molar-refractivity contribution in [2.45, 2.75) is 19.4 Å². The Hall–Kier alpha value is -1.32. The molecule has 0 aliphatic heterocycles. The maximum atomic E-state index is 11.7. The van der Waals surface area contributed by atoms with Crippen molar-refractivity contribution in [3.63, 3.8) is 0 Å². The molecule has 1 aromatic heterocycles. The molecule has 2 rings (SSSR count). The predicted molar refractivity (Wildman–Crippen MR) is 63.8 cm³/mol. The number of rotatable bonds is 3. The summed E-state index contributed by atoms with van der Waals surface area (Å²) in [6, 6.07) is 6.93. The van der Waals surface area contributed by atoms with Gasteiger partial charge >= 0.3 is 0 Å². The fourth-order valence-electron chi connectivity index (χ4n) is 1.56. The zero-order chi connectivity index (χ0) is 11.7. The maximum absolute atomic E-state index is 11.7. The van der Waals surface area contributed by atoms with E-state index >= 15 is 0 Å². The van der Waals surface area contributed by atoms with E-state index in [1.807, 2.05) is 12.1 Å². The summed E-state index contributed by atoms with van der Waals surface area (Å²) in [5.41, 5.74) is 6.12. The number of carbonyl (C=O) groups excluding carboxylic acids is 1. The highest BCUT2D eigenvalue weighted by Gasteiger charge is 2.14. The van der Waals surface area contributed by atoms with Gasteiger partial charge < -0.3 is 10.2 Å². The fourth-order valence-corrected chi connectivity index (χ4v) is 1.78. The molecule has 2 aromatic rings. The fraction of sp³-hybridized carbons (Fsp3) is 0.250. The SMILES string of the molecule is CC(N)CC(=O)c1cc2cccc(Cl)c2o1. The molecule has 1 atom stereocenters. The van der Waals surface area contributed by atoms with E-state index in [4.69, 9.17) is 21.8 Å². The summed E-state index contributed by atoms with van der Waals surface area (Å²) >= 11 is 5.95. The van der Waals surface area contributed by atoms with Gasteiger partial charge in [0.15, 0.2) is 17.1 Å². The predicted octanol–water partition coefficient (Wildman–Crippen LogP) is 3.01. The van der Waals surface area contributed by atoms with Crippen LogP contribution in [0.25, 0.3) is 11.0 Å². The molecule has 0 saturated heterocycles. The summed E-state index contributed by atoms with van der Waals surface area (Å²) in [6.45, 7) is 1.79. The van der Waals surface area contributed by atoms with Crippen LogP contribution in [-0.4, -0.2) is 11.8 Å². The van der Waals surface area contributed by atoms with Gasteiger partial charge in [0.25, 0.3) is 0 Å². The first kappa shape index (κ1) is 11.2. The van der Waals surface area contributed by atoms with E-state index in [9.17, 15) is 4.79 Å². The summed E-state index contributed by atoms with van der Waals surface area (Å²) in [5.74, 6) is 0.225. The van der Waals surface area contributed by atoms with Crippen molar-refractivity contribution in [2.24, 2.45) is 5.73 Å². The number of nitrogens with two attached hydrogens (primary N) is 1. The van der Waals surface area contributed by atoms with Crippen LogP contribution in [-0.2, 0) is 0 Å². The average Bonchev–Trinajstić information content (AvgIpc) is 2.61. The number of para-hydroxylation sites is 1. The topological polar surface area (TPSA) is 56.2 Å². The summed E-state index contributed by atoms with van der Waals surface area (Å²) in [7, 11) is 0. The third kappa shape index (κ3) is 2.10. The van der Waals surface area contributed by atoms with E-state index in [0.717, 1.165) is 5.39 Å². The molecule has 1 heterocycles. The van der Waals surface area contributed by atoms with Crippen molar-refractivity contribution in [3.05, 3.63) is 35.0 Å². The molecule has 16 heavy (non-hydrogen) atoms. The lowest BCUT2D eigenvalue weighted by Crippen LogP contribution is -2.19. The van der Waals surface area contributed by atoms with Gasteiger partial charge in [0.2, 0.25) is 0 Å². The Morgan fingerprint density at radius 3 is 2.94 bits per heavy atom. The van der Waals surface area contributed by atoms with Gasteiger partial charge in [0, 0.05) is 17.8 Å². The van der Waals surface area contributed by atoms with Gasteiger partial charge in [-0.15, -0.1) is 0 Å². The van der Waals surface area contributed by atoms with Gasteiger partial charge in [-0.05, 0) is 19.1 Å². The molecule has 1 unspecified atom stereocenters. The molecule has 0 amide bonds. The number of carbonyl (C=O) groups is 1. The first-order valence-corrected chi connectivity index (χ1v) is 5.42. The molecule has 4 heteroatoms. The van der Waals surface area contributed by atoms with Crippen molar-refractivity contribution in [2.75, 3.05) is 0 Å². The highest BCUT2D eigenvalue weighted by molar-refractivity contribution is 6.34. The van der Waals surface area contributed by atoms with Crippen molar-refractivity contribution >= 4 is 28.4 Å². The Bertz CT molecular complexity index is 531. The van der Waals surface area contributed by atoms with Crippen molar-refractivity contribution < 1.29 is 9.21 Å². The van der Waals surface area contributed by atoms with Crippen LogP contribution in [0.4, 0.5) is 0 Å². The van der Waals surface area contributed by atoms with Crippen LogP contribution in [0, 0.1) is 0 Å². The smallest absolute Gasteiger partial charge is 0.199 e. The summed E-state index contributed by atoms with van der Waals surface area (Å²) in [6.07, 6.45) is 0.275. The van der Waals surface area contributed by atoms with Gasteiger partial charge in [-0.1, -0.05) is 23.7 Å². The third-order valence-corrected chi connectivity index (χ3v) is 2.58. The van der Waals surface area contributed by atoms with Crippen molar-refractivity contribution in [1.82, 2.24) is 0 Å². The number of furan rings is 1. The number of fused-ring (bicyclic) bond motifs is 1. The summed E-state index contributed by atoms with van der Waals surface area (Å²) in [4.78, 5) is 11.7. The van der Waals surface area contributed by atoms with Crippen LogP contribution >= 0.6 is 11.6 Å². The maximum Gasteiger partial charge on any atom is 0.199 e. The first-order chi connectivity index (χ1) is 7.58. The van der Waals surface area contributed by atoms with E-state index in [0.29, 0.717) is 16.4 Å². The Morgan fingerprint density at radius 1 is 1.56 bits per heavy atom. The highest BCUT2D eigenvalue weighted by atomic mass is 35.5. The van der Waals surface area contributed by atoms with Crippen LogP contribution < -0.4 is 5.73 Å². The second-order valence-electron chi connectivity index (χ2n) is 3.87. The van der Waals surface area contributed by atoms with E-state index in [2.05, 4.69) is 0 Å². The number of benzene rings is 1. The van der Waals surface area contributed by atoms with E-state index in [1.54, 1.807) is 19.1 Å². The molecule has 0 bridgehead atoms. The number of hydrogen-bond donors (Lipinski definition) is 1. The Kier molecular flexibility index (Phi) is 2.99. The molecule has 1 aromatic carbocycles. The standard InChI is InChI=1S/C12H12ClNO2/c1-7(14)5-10(15)11-6-8-3-2-4-9(13)12(8)16-11/h2-4,6-7H,5,14H2,1H3. The molecule has 0 radical (unpaired) electrons. The molecular weight excluding hydrogens is 226 g/mol. The second-order valence-corrected chi connectivity index (χ2v) is 4.28. The number of halogens is 1. The number of ketones is 1. The number of Topliss-reactive ketones (excluding diaryl/α,β-unsaturated/α-hetero) is 1. The normalized spacial score (nSPS) is 12.9. The zero-order valence-electron chi connectivity index (χ0n) is 8.87. The molecular formula is C12H12ClNO2. The lowest BCUT2D eigenvalue weighted by Gasteiger charge is -2.00. The monoisotopic (exact) mass is 237 g/mol. The molecule has 3 nitrogen and oxygen atoms in total. The first-order valence-electron chi connectivity index (χ1n) is 5.05. The largest absolute Gasteiger partial charge is 0.451 e. The molecule has 0 fully saturated rings. The molecule has 0 aliphatic rings. The molecule has 2 N–H and O–H groups in total. The molecule has 0 saturated carbocycles. The Morgan fingerprint density at radius 2 is 2.31 bits per heavy atom. The molecule has 84 valence electrons. The average molecular weight is 238 g/mol. The quantitative estimate of drug-likeness (QED) is 0.835. The third-order valence-electron chi connectivity index (χ3n) is 2.28. The lowest BCUT2D eigenvalue weighted by molar-refractivity contribution is 0.0952. The molecule has 0 spiro atoms. The zero-order valence-corrected chi connectivity index (χ0v) is 9.62. The van der Waals surface area contributed by atoms with E-state index < -0.39 is 0 Å². The minimum absolute atomic E-state index is 0.0951. The summed E-state index contributed by atoms with van der Waals surface area (Å²) < 4.78 is 5.42. The van der Waals surface area contributed by atoms with Crippen LogP contribution in [0.3, 0.4) is 0 Å².